The van der Waals surface area contributed by atoms with Crippen molar-refractivity contribution in [3.8, 4) is 0 Å². The second-order valence-corrected chi connectivity index (χ2v) is 7.01. The first-order valence-corrected chi connectivity index (χ1v) is 8.51. The summed E-state index contributed by atoms with van der Waals surface area (Å²) in [5.41, 5.74) is 5.69. The molecule has 0 aromatic rings. The molecule has 126 valence electrons. The molecule has 2 amide bonds. The maximum atomic E-state index is 12.7. The van der Waals surface area contributed by atoms with Crippen molar-refractivity contribution in [1.29, 1.82) is 0 Å². The quantitative estimate of drug-likeness (QED) is 0.784. The highest BCUT2D eigenvalue weighted by Gasteiger charge is 2.39. The van der Waals surface area contributed by atoms with Gasteiger partial charge in [-0.25, -0.2) is 0 Å². The lowest BCUT2D eigenvalue weighted by atomic mass is 9.81. The van der Waals surface area contributed by atoms with E-state index in [2.05, 4.69) is 10.2 Å². The van der Waals surface area contributed by atoms with Crippen molar-refractivity contribution in [3.05, 3.63) is 0 Å². The van der Waals surface area contributed by atoms with Gasteiger partial charge in [-0.05, 0) is 26.7 Å². The molecule has 2 rings (SSSR count). The molecule has 0 bridgehead atoms. The van der Waals surface area contributed by atoms with Gasteiger partial charge in [-0.15, -0.1) is 0 Å². The summed E-state index contributed by atoms with van der Waals surface area (Å²) in [6, 6.07) is 0.166. The zero-order chi connectivity index (χ0) is 16.2. The number of piperazine rings is 1. The fourth-order valence-electron chi connectivity index (χ4n) is 3.39. The fourth-order valence-corrected chi connectivity index (χ4v) is 3.39. The molecule has 0 spiro atoms. The second kappa shape index (κ2) is 7.42. The molecule has 1 saturated heterocycles. The Morgan fingerprint density at radius 2 is 1.68 bits per heavy atom. The van der Waals surface area contributed by atoms with E-state index < -0.39 is 5.54 Å². The molecule has 22 heavy (non-hydrogen) atoms. The van der Waals surface area contributed by atoms with E-state index in [1.807, 2.05) is 18.7 Å². The van der Waals surface area contributed by atoms with Gasteiger partial charge in [0.25, 0.3) is 0 Å². The van der Waals surface area contributed by atoms with Crippen molar-refractivity contribution in [1.82, 2.24) is 15.1 Å². The topological polar surface area (TPSA) is 78.7 Å². The Balaban J connectivity index is 1.79. The van der Waals surface area contributed by atoms with E-state index in [1.165, 1.54) is 6.42 Å². The summed E-state index contributed by atoms with van der Waals surface area (Å²) >= 11 is 0. The molecule has 6 nitrogen and oxygen atoms in total. The number of amides is 2. The van der Waals surface area contributed by atoms with E-state index in [0.29, 0.717) is 19.6 Å². The first-order valence-electron chi connectivity index (χ1n) is 8.51. The van der Waals surface area contributed by atoms with Gasteiger partial charge >= 0.3 is 0 Å². The van der Waals surface area contributed by atoms with Crippen LogP contribution in [-0.2, 0) is 9.59 Å². The molecule has 0 aromatic carbocycles. The average Bonchev–Trinajstić information content (AvgIpc) is 2.47. The minimum atomic E-state index is -0.643. The summed E-state index contributed by atoms with van der Waals surface area (Å²) < 4.78 is 0. The van der Waals surface area contributed by atoms with E-state index in [9.17, 15) is 9.59 Å². The third-order valence-electron chi connectivity index (χ3n) is 4.65. The summed E-state index contributed by atoms with van der Waals surface area (Å²) in [5.74, 6) is 0.163. The van der Waals surface area contributed by atoms with Gasteiger partial charge in [0.1, 0.15) is 0 Å². The van der Waals surface area contributed by atoms with Crippen LogP contribution in [0.2, 0.25) is 0 Å². The highest BCUT2D eigenvalue weighted by Crippen LogP contribution is 2.28. The lowest BCUT2D eigenvalue weighted by Crippen LogP contribution is -2.60. The van der Waals surface area contributed by atoms with Gasteiger partial charge in [0.2, 0.25) is 11.8 Å². The highest BCUT2D eigenvalue weighted by molar-refractivity contribution is 5.86. The smallest absolute Gasteiger partial charge is 0.242 e. The molecular formula is C16H30N4O2. The van der Waals surface area contributed by atoms with Crippen molar-refractivity contribution in [2.75, 3.05) is 32.7 Å². The molecule has 0 unspecified atom stereocenters. The average molecular weight is 310 g/mol. The van der Waals surface area contributed by atoms with Crippen LogP contribution < -0.4 is 11.1 Å². The Kier molecular flexibility index (Phi) is 5.81. The van der Waals surface area contributed by atoms with E-state index in [0.717, 1.165) is 38.8 Å². The van der Waals surface area contributed by atoms with Crippen molar-refractivity contribution < 1.29 is 9.59 Å². The number of hydrogen-bond acceptors (Lipinski definition) is 4. The summed E-state index contributed by atoms with van der Waals surface area (Å²) in [7, 11) is 0. The zero-order valence-corrected chi connectivity index (χ0v) is 13.9. The van der Waals surface area contributed by atoms with Crippen LogP contribution in [0.25, 0.3) is 0 Å². The van der Waals surface area contributed by atoms with Gasteiger partial charge in [0.15, 0.2) is 0 Å². The van der Waals surface area contributed by atoms with E-state index in [-0.39, 0.29) is 17.9 Å². The molecule has 0 aromatic heterocycles. The molecule has 3 N–H and O–H groups in total. The number of nitrogens with two attached hydrogens (primary N) is 1. The largest absolute Gasteiger partial charge is 0.353 e. The summed E-state index contributed by atoms with van der Waals surface area (Å²) in [4.78, 5) is 28.4. The summed E-state index contributed by atoms with van der Waals surface area (Å²) in [6.45, 7) is 7.16. The molecule has 6 heteroatoms. The van der Waals surface area contributed by atoms with Crippen molar-refractivity contribution in [2.24, 2.45) is 5.73 Å². The lowest BCUT2D eigenvalue weighted by Gasteiger charge is -2.40. The van der Waals surface area contributed by atoms with Crippen LogP contribution in [0.15, 0.2) is 0 Å². The number of carbonyl (C=O) groups excluding carboxylic acids is 2. The van der Waals surface area contributed by atoms with E-state index >= 15 is 0 Å². The van der Waals surface area contributed by atoms with Gasteiger partial charge in [-0.3, -0.25) is 14.5 Å². The Morgan fingerprint density at radius 1 is 1.09 bits per heavy atom. The summed E-state index contributed by atoms with van der Waals surface area (Å²) in [5, 5.41) is 2.90. The minimum Gasteiger partial charge on any atom is -0.353 e. The van der Waals surface area contributed by atoms with Crippen molar-refractivity contribution in [2.45, 2.75) is 57.5 Å². The first kappa shape index (κ1) is 17.2. The SMILES string of the molecule is CC(C)NC(=O)CN1CCN(C(=O)C2(N)CCCCC2)CC1. The minimum absolute atomic E-state index is 0.0531. The number of nitrogens with one attached hydrogen (secondary N) is 1. The predicted molar refractivity (Wildman–Crippen MR) is 86.3 cm³/mol. The molecule has 1 aliphatic heterocycles. The van der Waals surface area contributed by atoms with Gasteiger partial charge in [0, 0.05) is 32.2 Å². The second-order valence-electron chi connectivity index (χ2n) is 7.01. The molecule has 1 heterocycles. The van der Waals surface area contributed by atoms with Crippen LogP contribution in [0.1, 0.15) is 46.0 Å². The Bertz CT molecular complexity index is 397. The molecule has 1 aliphatic carbocycles. The normalized spacial score (nSPS) is 22.6. The van der Waals surface area contributed by atoms with Crippen molar-refractivity contribution in [3.63, 3.8) is 0 Å². The van der Waals surface area contributed by atoms with E-state index in [4.69, 9.17) is 5.73 Å². The van der Waals surface area contributed by atoms with Crippen LogP contribution in [-0.4, -0.2) is 65.9 Å². The predicted octanol–water partition coefficient (Wildman–Crippen LogP) is 0.317. The van der Waals surface area contributed by atoms with Gasteiger partial charge in [-0.1, -0.05) is 19.3 Å². The van der Waals surface area contributed by atoms with Crippen LogP contribution in [0, 0.1) is 0 Å². The number of hydrogen-bond donors (Lipinski definition) is 2. The Hall–Kier alpha value is -1.14. The van der Waals surface area contributed by atoms with Crippen LogP contribution in [0.5, 0.6) is 0 Å². The molecule has 0 atom stereocenters. The van der Waals surface area contributed by atoms with E-state index in [1.54, 1.807) is 0 Å². The molecule has 0 radical (unpaired) electrons. The van der Waals surface area contributed by atoms with Gasteiger partial charge in [0.05, 0.1) is 12.1 Å². The summed E-state index contributed by atoms with van der Waals surface area (Å²) in [6.07, 6.45) is 4.91. The van der Waals surface area contributed by atoms with Gasteiger partial charge in [-0.2, -0.15) is 0 Å². The standard InChI is InChI=1S/C16H30N4O2/c1-13(2)18-14(21)12-19-8-10-20(11-9-19)15(22)16(17)6-4-3-5-7-16/h13H,3-12,17H2,1-2H3,(H,18,21). The van der Waals surface area contributed by atoms with Gasteiger partial charge < -0.3 is 16.0 Å². The molecule has 2 fully saturated rings. The number of rotatable bonds is 4. The number of nitrogens with zero attached hydrogens (tertiary/aromatic N) is 2. The number of carbonyl (C=O) groups is 2. The monoisotopic (exact) mass is 310 g/mol. The lowest BCUT2D eigenvalue weighted by molar-refractivity contribution is -0.140. The first-order chi connectivity index (χ1) is 10.4. The van der Waals surface area contributed by atoms with Crippen LogP contribution in [0.4, 0.5) is 0 Å². The maximum Gasteiger partial charge on any atom is 0.242 e. The highest BCUT2D eigenvalue weighted by atomic mass is 16.2. The molecule has 1 saturated carbocycles. The van der Waals surface area contributed by atoms with Crippen molar-refractivity contribution >= 4 is 11.8 Å². The Morgan fingerprint density at radius 3 is 2.23 bits per heavy atom. The maximum absolute atomic E-state index is 12.7. The van der Waals surface area contributed by atoms with Crippen LogP contribution in [0.3, 0.4) is 0 Å². The zero-order valence-electron chi connectivity index (χ0n) is 13.9. The third-order valence-corrected chi connectivity index (χ3v) is 4.65. The molecular weight excluding hydrogens is 280 g/mol. The third kappa shape index (κ3) is 4.43. The molecule has 2 aliphatic rings. The Labute approximate surface area is 133 Å². The fraction of sp³-hybridized carbons (Fsp3) is 0.875. The van der Waals surface area contributed by atoms with Crippen LogP contribution >= 0.6 is 0 Å².